The molecule has 0 aliphatic heterocycles. The van der Waals surface area contributed by atoms with Crippen LogP contribution in [-0.2, 0) is 0 Å². The van der Waals surface area contributed by atoms with Crippen LogP contribution in [0.15, 0.2) is 0 Å². The molecule has 1 heteroatoms. The SMILES string of the molecule is CCCCCCCCC1(CCN)CC1. The van der Waals surface area contributed by atoms with Crippen molar-refractivity contribution in [2.24, 2.45) is 11.1 Å². The Kier molecular flexibility index (Phi) is 5.54. The van der Waals surface area contributed by atoms with Gasteiger partial charge in [0.2, 0.25) is 0 Å². The van der Waals surface area contributed by atoms with Crippen molar-refractivity contribution in [3.05, 3.63) is 0 Å². The van der Waals surface area contributed by atoms with Crippen molar-refractivity contribution in [2.75, 3.05) is 6.54 Å². The second-order valence-electron chi connectivity index (χ2n) is 5.06. The fraction of sp³-hybridized carbons (Fsp3) is 1.00. The fourth-order valence-electron chi connectivity index (χ4n) is 2.39. The van der Waals surface area contributed by atoms with Crippen molar-refractivity contribution >= 4 is 0 Å². The van der Waals surface area contributed by atoms with Gasteiger partial charge in [-0.15, -0.1) is 0 Å². The maximum Gasteiger partial charge on any atom is -0.00720 e. The Labute approximate surface area is 89.5 Å². The van der Waals surface area contributed by atoms with Gasteiger partial charge in [-0.3, -0.25) is 0 Å². The molecular formula is C13H27N. The van der Waals surface area contributed by atoms with E-state index in [-0.39, 0.29) is 0 Å². The zero-order valence-electron chi connectivity index (χ0n) is 9.86. The van der Waals surface area contributed by atoms with Gasteiger partial charge in [0.05, 0.1) is 0 Å². The second kappa shape index (κ2) is 6.44. The van der Waals surface area contributed by atoms with E-state index < -0.39 is 0 Å². The van der Waals surface area contributed by atoms with E-state index in [1.807, 2.05) is 0 Å². The van der Waals surface area contributed by atoms with Crippen LogP contribution in [0.1, 0.15) is 71.1 Å². The van der Waals surface area contributed by atoms with E-state index in [9.17, 15) is 0 Å². The molecule has 0 amide bonds. The summed E-state index contributed by atoms with van der Waals surface area (Å²) in [6.07, 6.45) is 14.2. The van der Waals surface area contributed by atoms with Gasteiger partial charge in [0.1, 0.15) is 0 Å². The second-order valence-corrected chi connectivity index (χ2v) is 5.06. The highest BCUT2D eigenvalue weighted by molar-refractivity contribution is 4.92. The van der Waals surface area contributed by atoms with E-state index in [0.29, 0.717) is 0 Å². The number of rotatable bonds is 9. The number of unbranched alkanes of at least 4 members (excludes halogenated alkanes) is 5. The molecule has 0 heterocycles. The van der Waals surface area contributed by atoms with Gasteiger partial charge in [-0.05, 0) is 37.6 Å². The molecule has 0 bridgehead atoms. The molecule has 0 spiro atoms. The molecule has 1 aliphatic carbocycles. The van der Waals surface area contributed by atoms with E-state index >= 15 is 0 Å². The lowest BCUT2D eigenvalue weighted by molar-refractivity contribution is 0.408. The first-order valence-electron chi connectivity index (χ1n) is 6.53. The summed E-state index contributed by atoms with van der Waals surface area (Å²) in [5.74, 6) is 0. The van der Waals surface area contributed by atoms with Crippen molar-refractivity contribution in [1.29, 1.82) is 0 Å². The maximum absolute atomic E-state index is 5.62. The highest BCUT2D eigenvalue weighted by Gasteiger charge is 2.40. The summed E-state index contributed by atoms with van der Waals surface area (Å²) in [6, 6.07) is 0. The van der Waals surface area contributed by atoms with Crippen LogP contribution in [0.25, 0.3) is 0 Å². The average Bonchev–Trinajstić information content (AvgIpc) is 2.93. The molecule has 0 unspecified atom stereocenters. The van der Waals surface area contributed by atoms with Crippen LogP contribution in [0.5, 0.6) is 0 Å². The Bertz CT molecular complexity index is 138. The summed E-state index contributed by atoms with van der Waals surface area (Å²) in [7, 11) is 0. The van der Waals surface area contributed by atoms with Crippen molar-refractivity contribution in [2.45, 2.75) is 71.1 Å². The molecule has 0 saturated heterocycles. The first-order chi connectivity index (χ1) is 6.83. The monoisotopic (exact) mass is 197 g/mol. The summed E-state index contributed by atoms with van der Waals surface area (Å²) in [5, 5.41) is 0. The molecule has 0 aromatic carbocycles. The standard InChI is InChI=1S/C13H27N/c1-2-3-4-5-6-7-8-13(9-10-13)11-12-14/h2-12,14H2,1H3. The third-order valence-corrected chi connectivity index (χ3v) is 3.69. The van der Waals surface area contributed by atoms with Gasteiger partial charge < -0.3 is 5.73 Å². The Morgan fingerprint density at radius 2 is 1.57 bits per heavy atom. The Hall–Kier alpha value is -0.0400. The molecule has 84 valence electrons. The molecule has 0 aromatic heterocycles. The maximum atomic E-state index is 5.62. The normalized spacial score (nSPS) is 18.4. The summed E-state index contributed by atoms with van der Waals surface area (Å²) < 4.78 is 0. The first-order valence-corrected chi connectivity index (χ1v) is 6.53. The van der Waals surface area contributed by atoms with E-state index in [4.69, 9.17) is 5.73 Å². The topological polar surface area (TPSA) is 26.0 Å². The lowest BCUT2D eigenvalue weighted by atomic mass is 9.94. The van der Waals surface area contributed by atoms with E-state index in [2.05, 4.69) is 6.92 Å². The zero-order valence-corrected chi connectivity index (χ0v) is 9.86. The van der Waals surface area contributed by atoms with Gasteiger partial charge in [-0.2, -0.15) is 0 Å². The van der Waals surface area contributed by atoms with E-state index in [0.717, 1.165) is 12.0 Å². The van der Waals surface area contributed by atoms with Crippen molar-refractivity contribution in [3.63, 3.8) is 0 Å². The molecule has 1 nitrogen and oxygen atoms in total. The van der Waals surface area contributed by atoms with Crippen LogP contribution in [0.4, 0.5) is 0 Å². The molecule has 1 aliphatic rings. The smallest absolute Gasteiger partial charge is 0.00720 e. The number of hydrogen-bond donors (Lipinski definition) is 1. The van der Waals surface area contributed by atoms with E-state index in [1.165, 1.54) is 64.2 Å². The third-order valence-electron chi connectivity index (χ3n) is 3.69. The van der Waals surface area contributed by atoms with Gasteiger partial charge in [0.25, 0.3) is 0 Å². The minimum absolute atomic E-state index is 0.722. The lowest BCUT2D eigenvalue weighted by Gasteiger charge is -2.12. The molecule has 0 atom stereocenters. The molecule has 14 heavy (non-hydrogen) atoms. The number of hydrogen-bond acceptors (Lipinski definition) is 1. The highest BCUT2D eigenvalue weighted by Crippen LogP contribution is 2.52. The fourth-order valence-corrected chi connectivity index (χ4v) is 2.39. The van der Waals surface area contributed by atoms with Crippen LogP contribution in [0.2, 0.25) is 0 Å². The molecule has 1 saturated carbocycles. The predicted octanol–water partition coefficient (Wildman–Crippen LogP) is 3.87. The molecular weight excluding hydrogens is 170 g/mol. The van der Waals surface area contributed by atoms with Gasteiger partial charge in [0, 0.05) is 0 Å². The largest absolute Gasteiger partial charge is 0.330 e. The molecule has 0 aromatic rings. The molecule has 1 rings (SSSR count). The minimum Gasteiger partial charge on any atom is -0.330 e. The van der Waals surface area contributed by atoms with Gasteiger partial charge in [-0.25, -0.2) is 0 Å². The minimum atomic E-state index is 0.722. The zero-order chi connectivity index (χ0) is 10.3. The van der Waals surface area contributed by atoms with Crippen molar-refractivity contribution in [3.8, 4) is 0 Å². The first kappa shape index (κ1) is 12.0. The van der Waals surface area contributed by atoms with Crippen molar-refractivity contribution < 1.29 is 0 Å². The van der Waals surface area contributed by atoms with Crippen LogP contribution in [0.3, 0.4) is 0 Å². The third kappa shape index (κ3) is 4.45. The summed E-state index contributed by atoms with van der Waals surface area (Å²) in [4.78, 5) is 0. The molecule has 2 N–H and O–H groups in total. The van der Waals surface area contributed by atoms with Crippen LogP contribution in [0, 0.1) is 5.41 Å². The average molecular weight is 197 g/mol. The van der Waals surface area contributed by atoms with Crippen LogP contribution >= 0.6 is 0 Å². The van der Waals surface area contributed by atoms with Crippen molar-refractivity contribution in [1.82, 2.24) is 0 Å². The highest BCUT2D eigenvalue weighted by atomic mass is 14.6. The summed E-state index contributed by atoms with van der Waals surface area (Å²) >= 11 is 0. The quantitative estimate of drug-likeness (QED) is 0.558. The van der Waals surface area contributed by atoms with E-state index in [1.54, 1.807) is 0 Å². The molecule has 0 radical (unpaired) electrons. The van der Waals surface area contributed by atoms with Gasteiger partial charge in [-0.1, -0.05) is 45.4 Å². The Balaban J connectivity index is 1.88. The van der Waals surface area contributed by atoms with Crippen LogP contribution in [-0.4, -0.2) is 6.54 Å². The Morgan fingerprint density at radius 1 is 0.929 bits per heavy atom. The summed E-state index contributed by atoms with van der Waals surface area (Å²) in [6.45, 7) is 3.18. The number of nitrogens with two attached hydrogens (primary N) is 1. The summed E-state index contributed by atoms with van der Waals surface area (Å²) in [5.41, 5.74) is 6.35. The Morgan fingerprint density at radius 3 is 2.14 bits per heavy atom. The molecule has 1 fully saturated rings. The van der Waals surface area contributed by atoms with Crippen LogP contribution < -0.4 is 5.73 Å². The lowest BCUT2D eigenvalue weighted by Crippen LogP contribution is -2.09. The van der Waals surface area contributed by atoms with Gasteiger partial charge >= 0.3 is 0 Å². The predicted molar refractivity (Wildman–Crippen MR) is 63.3 cm³/mol. The van der Waals surface area contributed by atoms with Gasteiger partial charge in [0.15, 0.2) is 0 Å².